The Morgan fingerprint density at radius 1 is 0.929 bits per heavy atom. The second kappa shape index (κ2) is 12.5. The van der Waals surface area contributed by atoms with E-state index in [1.54, 1.807) is 31.4 Å². The Kier molecular flexibility index (Phi) is 8.42. The molecular formula is C32H31FN6O3. The number of benzene rings is 4. The third-order valence-corrected chi connectivity index (χ3v) is 6.93. The zero-order chi connectivity index (χ0) is 29.6. The number of hydrogen-bond donors (Lipinski definition) is 1. The fraction of sp³-hybridized carbons (Fsp3) is 0.188. The van der Waals surface area contributed by atoms with Crippen LogP contribution < -0.4 is 15.0 Å². The van der Waals surface area contributed by atoms with Gasteiger partial charge in [0.25, 0.3) is 5.91 Å². The predicted molar refractivity (Wildman–Crippen MR) is 160 cm³/mol. The molecule has 1 N–H and O–H groups in total. The van der Waals surface area contributed by atoms with Gasteiger partial charge >= 0.3 is 0 Å². The van der Waals surface area contributed by atoms with Crippen molar-refractivity contribution in [1.29, 1.82) is 0 Å². The molecule has 0 radical (unpaired) electrons. The molecule has 0 aliphatic carbocycles. The van der Waals surface area contributed by atoms with Gasteiger partial charge in [0, 0.05) is 32.0 Å². The molecule has 0 saturated carbocycles. The molecule has 0 saturated heterocycles. The van der Waals surface area contributed by atoms with Crippen LogP contribution >= 0.6 is 0 Å². The zero-order valence-corrected chi connectivity index (χ0v) is 23.6. The first-order valence-electron chi connectivity index (χ1n) is 13.4. The van der Waals surface area contributed by atoms with Crippen LogP contribution in [0.2, 0.25) is 0 Å². The summed E-state index contributed by atoms with van der Waals surface area (Å²) in [6, 6.07) is 26.5. The van der Waals surface area contributed by atoms with Crippen molar-refractivity contribution in [2.45, 2.75) is 19.1 Å². The first-order chi connectivity index (χ1) is 20.3. The highest BCUT2D eigenvalue weighted by molar-refractivity contribution is 5.98. The first-order valence-corrected chi connectivity index (χ1v) is 13.4. The molecule has 9 nitrogen and oxygen atoms in total. The van der Waals surface area contributed by atoms with Crippen molar-refractivity contribution in [3.05, 3.63) is 114 Å². The van der Waals surface area contributed by atoms with Gasteiger partial charge in [0.05, 0.1) is 12.6 Å². The third-order valence-electron chi connectivity index (χ3n) is 6.93. The molecule has 0 spiro atoms. The molecule has 42 heavy (non-hydrogen) atoms. The van der Waals surface area contributed by atoms with Crippen molar-refractivity contribution in [1.82, 2.24) is 19.9 Å². The second-order valence-electron chi connectivity index (χ2n) is 9.99. The topological polar surface area (TPSA) is 92.6 Å². The maximum absolute atomic E-state index is 14.1. The summed E-state index contributed by atoms with van der Waals surface area (Å²) in [5.41, 5.74) is 4.13. The second-order valence-corrected chi connectivity index (χ2v) is 9.99. The van der Waals surface area contributed by atoms with E-state index in [0.717, 1.165) is 11.3 Å². The smallest absolute Gasteiger partial charge is 0.251 e. The number of aromatic nitrogens is 3. The van der Waals surface area contributed by atoms with E-state index in [1.807, 2.05) is 67.5 Å². The summed E-state index contributed by atoms with van der Waals surface area (Å²) in [5.74, 6) is -0.586. The summed E-state index contributed by atoms with van der Waals surface area (Å²) in [6.07, 6.45) is 0. The van der Waals surface area contributed by atoms with Crippen LogP contribution in [0.4, 0.5) is 15.8 Å². The molecule has 1 atom stereocenters. The summed E-state index contributed by atoms with van der Waals surface area (Å²) >= 11 is 0. The van der Waals surface area contributed by atoms with E-state index in [9.17, 15) is 14.0 Å². The average molecular weight is 567 g/mol. The van der Waals surface area contributed by atoms with E-state index in [0.29, 0.717) is 28.0 Å². The van der Waals surface area contributed by atoms with Gasteiger partial charge in [0.1, 0.15) is 29.7 Å². The monoisotopic (exact) mass is 566 g/mol. The number of rotatable bonds is 10. The van der Waals surface area contributed by atoms with E-state index in [4.69, 9.17) is 4.74 Å². The Hall–Kier alpha value is -5.25. The molecule has 214 valence electrons. The van der Waals surface area contributed by atoms with Gasteiger partial charge in [0.2, 0.25) is 5.91 Å². The van der Waals surface area contributed by atoms with Crippen molar-refractivity contribution >= 4 is 34.2 Å². The number of halogens is 1. The lowest BCUT2D eigenvalue weighted by atomic mass is 10.0. The van der Waals surface area contributed by atoms with Crippen LogP contribution in [0.3, 0.4) is 0 Å². The van der Waals surface area contributed by atoms with Gasteiger partial charge in [-0.25, -0.2) is 9.07 Å². The lowest BCUT2D eigenvalue weighted by Crippen LogP contribution is -2.42. The van der Waals surface area contributed by atoms with Gasteiger partial charge in [-0.3, -0.25) is 9.59 Å². The number of anilines is 2. The number of methoxy groups -OCH3 is 1. The van der Waals surface area contributed by atoms with Gasteiger partial charge in [-0.15, -0.1) is 5.10 Å². The number of nitrogens with one attached hydrogen (secondary N) is 1. The Morgan fingerprint density at radius 2 is 1.62 bits per heavy atom. The van der Waals surface area contributed by atoms with Gasteiger partial charge in [-0.05, 0) is 71.8 Å². The summed E-state index contributed by atoms with van der Waals surface area (Å²) in [4.78, 5) is 31.5. The lowest BCUT2D eigenvalue weighted by molar-refractivity contribution is -0.140. The number of fused-ring (bicyclic) bond motifs is 1. The van der Waals surface area contributed by atoms with E-state index in [1.165, 1.54) is 33.8 Å². The van der Waals surface area contributed by atoms with Gasteiger partial charge in [-0.2, -0.15) is 0 Å². The molecule has 10 heteroatoms. The molecule has 2 amide bonds. The minimum absolute atomic E-state index is 0.102. The zero-order valence-electron chi connectivity index (χ0n) is 23.6. The van der Waals surface area contributed by atoms with Gasteiger partial charge in [-0.1, -0.05) is 41.6 Å². The average Bonchev–Trinajstić information content (AvgIpc) is 3.41. The van der Waals surface area contributed by atoms with Crippen LogP contribution in [0.15, 0.2) is 97.1 Å². The predicted octanol–water partition coefficient (Wildman–Crippen LogP) is 5.05. The largest absolute Gasteiger partial charge is 0.497 e. The SMILES string of the molecule is COc1ccc(CN(C(=O)Cn2nnc3ccccc32)[C@H](C(=O)Nc2ccc(N(C)C)cc2)c2ccc(F)cc2)cc1. The fourth-order valence-corrected chi connectivity index (χ4v) is 4.68. The maximum Gasteiger partial charge on any atom is 0.251 e. The van der Waals surface area contributed by atoms with Gasteiger partial charge in [0.15, 0.2) is 0 Å². The molecule has 0 aliphatic rings. The highest BCUT2D eigenvalue weighted by Gasteiger charge is 2.32. The van der Waals surface area contributed by atoms with Gasteiger partial charge < -0.3 is 19.9 Å². The molecule has 0 unspecified atom stereocenters. The van der Waals surface area contributed by atoms with E-state index in [-0.39, 0.29) is 19.0 Å². The van der Waals surface area contributed by atoms with Crippen LogP contribution in [-0.4, -0.2) is 52.9 Å². The molecule has 4 aromatic carbocycles. The molecule has 1 aromatic heterocycles. The van der Waals surface area contributed by atoms with Crippen LogP contribution in [0.25, 0.3) is 11.0 Å². The number of amides is 2. The summed E-state index contributed by atoms with van der Waals surface area (Å²) in [5, 5.41) is 11.3. The van der Waals surface area contributed by atoms with Crippen LogP contribution in [0, 0.1) is 5.82 Å². The molecule has 1 heterocycles. The van der Waals surface area contributed by atoms with Crippen molar-refractivity contribution in [3.8, 4) is 5.75 Å². The Labute approximate surface area is 243 Å². The minimum Gasteiger partial charge on any atom is -0.497 e. The maximum atomic E-state index is 14.1. The summed E-state index contributed by atoms with van der Waals surface area (Å²) < 4.78 is 20.8. The lowest BCUT2D eigenvalue weighted by Gasteiger charge is -2.32. The molecular weight excluding hydrogens is 535 g/mol. The minimum atomic E-state index is -1.08. The number of carbonyl (C=O) groups is 2. The van der Waals surface area contributed by atoms with E-state index in [2.05, 4.69) is 15.6 Å². The van der Waals surface area contributed by atoms with E-state index < -0.39 is 17.8 Å². The first kappa shape index (κ1) is 28.3. The highest BCUT2D eigenvalue weighted by Crippen LogP contribution is 2.28. The molecule has 0 aliphatic heterocycles. The van der Waals surface area contributed by atoms with Crippen molar-refractivity contribution < 1.29 is 18.7 Å². The quantitative estimate of drug-likeness (QED) is 0.254. The molecule has 5 aromatic rings. The van der Waals surface area contributed by atoms with Crippen LogP contribution in [0.5, 0.6) is 5.75 Å². The highest BCUT2D eigenvalue weighted by atomic mass is 19.1. The van der Waals surface area contributed by atoms with Crippen LogP contribution in [-0.2, 0) is 22.7 Å². The third kappa shape index (κ3) is 6.38. The Bertz CT molecular complexity index is 1670. The van der Waals surface area contributed by atoms with Crippen molar-refractivity contribution in [2.24, 2.45) is 0 Å². The molecule has 0 bridgehead atoms. The van der Waals surface area contributed by atoms with E-state index >= 15 is 0 Å². The normalized spacial score (nSPS) is 11.6. The van der Waals surface area contributed by atoms with Crippen LogP contribution in [0.1, 0.15) is 17.2 Å². The fourth-order valence-electron chi connectivity index (χ4n) is 4.68. The Morgan fingerprint density at radius 3 is 2.29 bits per heavy atom. The van der Waals surface area contributed by atoms with Crippen molar-refractivity contribution in [3.63, 3.8) is 0 Å². The number of nitrogens with zero attached hydrogens (tertiary/aromatic N) is 5. The Balaban J connectivity index is 1.53. The standard InChI is InChI=1S/C32H31FN6O3/c1-37(2)26-16-14-25(15-17-26)34-32(41)31(23-10-12-24(33)13-11-23)38(20-22-8-18-27(42-3)19-9-22)30(40)21-39-29-7-5-4-6-28(29)35-36-39/h4-19,31H,20-21H2,1-3H3,(H,34,41)/t31-/m0/s1. The summed E-state index contributed by atoms with van der Waals surface area (Å²) in [6.45, 7) is -0.0519. The van der Waals surface area contributed by atoms with Crippen molar-refractivity contribution in [2.75, 3.05) is 31.4 Å². The molecule has 0 fully saturated rings. The number of para-hydroxylation sites is 1. The summed E-state index contributed by atoms with van der Waals surface area (Å²) in [7, 11) is 5.44. The number of ether oxygens (including phenoxy) is 1. The number of carbonyl (C=O) groups excluding carboxylic acids is 2. The number of hydrogen-bond acceptors (Lipinski definition) is 6. The molecule has 5 rings (SSSR count).